The molecule has 3 N–H and O–H groups in total. The second kappa shape index (κ2) is 5.36. The first-order chi connectivity index (χ1) is 8.84. The number of nitrogens with zero attached hydrogens (tertiary/aromatic N) is 1. The van der Waals surface area contributed by atoms with Crippen molar-refractivity contribution in [3.05, 3.63) is 17.6 Å². The van der Waals surface area contributed by atoms with Crippen molar-refractivity contribution in [1.29, 1.82) is 0 Å². The molecular weight excluding hydrogens is 262 g/mol. The summed E-state index contributed by atoms with van der Waals surface area (Å²) in [6, 6.07) is 4.17. The van der Waals surface area contributed by atoms with Crippen molar-refractivity contribution in [3.63, 3.8) is 0 Å². The second-order valence-electron chi connectivity index (χ2n) is 4.60. The molecule has 3 rings (SSSR count). The molecule has 1 unspecified atom stereocenters. The van der Waals surface area contributed by atoms with Gasteiger partial charge in [0.2, 0.25) is 0 Å². The molecule has 5 heteroatoms. The van der Waals surface area contributed by atoms with Crippen LogP contribution in [0, 0.1) is 0 Å². The number of rotatable bonds is 3. The molecule has 1 fully saturated rings. The zero-order valence-corrected chi connectivity index (χ0v) is 11.8. The van der Waals surface area contributed by atoms with Crippen LogP contribution in [0.2, 0.25) is 0 Å². The molecular formula is C13H17N3S2. The number of hydrogen-bond acceptors (Lipinski definition) is 5. The number of anilines is 2. The van der Waals surface area contributed by atoms with Gasteiger partial charge in [-0.3, -0.25) is 0 Å². The van der Waals surface area contributed by atoms with E-state index >= 15 is 0 Å². The number of nitrogens with one attached hydrogen (secondary N) is 1. The Bertz CT molecular complexity index is 532. The third kappa shape index (κ3) is 2.42. The second-order valence-corrected chi connectivity index (χ2v) is 6.89. The van der Waals surface area contributed by atoms with Crippen molar-refractivity contribution in [1.82, 2.24) is 4.98 Å². The van der Waals surface area contributed by atoms with Gasteiger partial charge in [-0.05, 0) is 30.7 Å². The van der Waals surface area contributed by atoms with Crippen LogP contribution >= 0.6 is 23.1 Å². The number of nitrogen functional groups attached to an aromatic ring is 1. The molecule has 1 atom stereocenters. The van der Waals surface area contributed by atoms with E-state index in [1.54, 1.807) is 11.3 Å². The van der Waals surface area contributed by atoms with Crippen LogP contribution in [-0.2, 0) is 0 Å². The Kier molecular flexibility index (Phi) is 3.61. The van der Waals surface area contributed by atoms with Crippen molar-refractivity contribution in [2.24, 2.45) is 0 Å². The van der Waals surface area contributed by atoms with E-state index in [9.17, 15) is 0 Å². The van der Waals surface area contributed by atoms with Crippen molar-refractivity contribution in [3.8, 4) is 0 Å². The molecule has 96 valence electrons. The number of benzene rings is 1. The highest BCUT2D eigenvalue weighted by atomic mass is 32.2. The van der Waals surface area contributed by atoms with E-state index in [1.807, 2.05) is 5.51 Å². The van der Waals surface area contributed by atoms with Gasteiger partial charge in [-0.15, -0.1) is 11.3 Å². The quantitative estimate of drug-likeness (QED) is 0.843. The minimum atomic E-state index is 0.726. The molecule has 1 saturated heterocycles. The maximum Gasteiger partial charge on any atom is 0.106 e. The van der Waals surface area contributed by atoms with Crippen LogP contribution in [0.15, 0.2) is 17.6 Å². The summed E-state index contributed by atoms with van der Waals surface area (Å²) in [5.41, 5.74) is 10.7. The molecule has 0 spiro atoms. The number of fused-ring (bicyclic) bond motifs is 1. The number of thiazole rings is 1. The zero-order chi connectivity index (χ0) is 12.4. The van der Waals surface area contributed by atoms with Gasteiger partial charge in [0.05, 0.1) is 21.6 Å². The number of hydrogen-bond donors (Lipinski definition) is 2. The lowest BCUT2D eigenvalue weighted by Gasteiger charge is -2.22. The Morgan fingerprint density at radius 3 is 3.17 bits per heavy atom. The molecule has 0 bridgehead atoms. The van der Waals surface area contributed by atoms with Gasteiger partial charge in [0, 0.05) is 11.8 Å². The number of aromatic nitrogens is 1. The molecule has 2 aromatic rings. The predicted molar refractivity (Wildman–Crippen MR) is 82.6 cm³/mol. The molecule has 1 aliphatic heterocycles. The topological polar surface area (TPSA) is 50.9 Å². The van der Waals surface area contributed by atoms with Gasteiger partial charge in [-0.1, -0.05) is 6.42 Å². The Morgan fingerprint density at radius 1 is 1.39 bits per heavy atom. The van der Waals surface area contributed by atoms with Crippen molar-refractivity contribution < 1.29 is 0 Å². The molecule has 2 heterocycles. The largest absolute Gasteiger partial charge is 0.395 e. The van der Waals surface area contributed by atoms with Crippen LogP contribution < -0.4 is 11.1 Å². The van der Waals surface area contributed by atoms with E-state index in [-0.39, 0.29) is 0 Å². The molecule has 1 aromatic carbocycles. The van der Waals surface area contributed by atoms with Crippen LogP contribution in [0.25, 0.3) is 10.2 Å². The Balaban J connectivity index is 1.71. The Hall–Kier alpha value is -0.940. The summed E-state index contributed by atoms with van der Waals surface area (Å²) in [6.45, 7) is 1.00. The monoisotopic (exact) mass is 279 g/mol. The third-order valence-electron chi connectivity index (χ3n) is 3.34. The standard InChI is InChI=1S/C13H17N3S2/c14-12-10(4-5-11-13(12)16-8-18-11)15-7-9-3-1-2-6-17-9/h4-5,8-9,15H,1-3,6-7,14H2. The summed E-state index contributed by atoms with van der Waals surface area (Å²) in [4.78, 5) is 4.32. The van der Waals surface area contributed by atoms with Crippen LogP contribution in [-0.4, -0.2) is 22.5 Å². The van der Waals surface area contributed by atoms with E-state index < -0.39 is 0 Å². The maximum atomic E-state index is 6.15. The van der Waals surface area contributed by atoms with E-state index in [0.29, 0.717) is 0 Å². The minimum Gasteiger partial charge on any atom is -0.395 e. The normalized spacial score (nSPS) is 20.1. The van der Waals surface area contributed by atoms with E-state index in [4.69, 9.17) is 5.73 Å². The minimum absolute atomic E-state index is 0.726. The molecule has 3 nitrogen and oxygen atoms in total. The van der Waals surface area contributed by atoms with Gasteiger partial charge in [-0.2, -0.15) is 11.8 Å². The smallest absolute Gasteiger partial charge is 0.106 e. The van der Waals surface area contributed by atoms with Gasteiger partial charge >= 0.3 is 0 Å². The van der Waals surface area contributed by atoms with Gasteiger partial charge in [0.15, 0.2) is 0 Å². The highest BCUT2D eigenvalue weighted by Crippen LogP contribution is 2.31. The zero-order valence-electron chi connectivity index (χ0n) is 10.2. The van der Waals surface area contributed by atoms with E-state index in [2.05, 4.69) is 34.2 Å². The lowest BCUT2D eigenvalue weighted by atomic mass is 10.2. The molecule has 0 aliphatic carbocycles. The van der Waals surface area contributed by atoms with Crippen LogP contribution in [0.5, 0.6) is 0 Å². The van der Waals surface area contributed by atoms with Crippen LogP contribution in [0.4, 0.5) is 11.4 Å². The van der Waals surface area contributed by atoms with Crippen LogP contribution in [0.1, 0.15) is 19.3 Å². The van der Waals surface area contributed by atoms with E-state index in [1.165, 1.54) is 25.0 Å². The summed E-state index contributed by atoms with van der Waals surface area (Å²) < 4.78 is 1.16. The lowest BCUT2D eigenvalue weighted by molar-refractivity contribution is 0.678. The first-order valence-electron chi connectivity index (χ1n) is 6.32. The van der Waals surface area contributed by atoms with Crippen molar-refractivity contribution >= 4 is 44.7 Å². The van der Waals surface area contributed by atoms with E-state index in [0.717, 1.165) is 33.4 Å². The molecule has 0 radical (unpaired) electrons. The maximum absolute atomic E-state index is 6.15. The third-order valence-corrected chi connectivity index (χ3v) is 5.53. The first-order valence-corrected chi connectivity index (χ1v) is 8.24. The summed E-state index contributed by atoms with van der Waals surface area (Å²) in [7, 11) is 0. The number of nitrogens with two attached hydrogens (primary N) is 1. The average Bonchev–Trinajstić information content (AvgIpc) is 2.88. The van der Waals surface area contributed by atoms with Gasteiger partial charge in [0.1, 0.15) is 5.52 Å². The Labute approximate surface area is 115 Å². The Morgan fingerprint density at radius 2 is 2.33 bits per heavy atom. The average molecular weight is 279 g/mol. The van der Waals surface area contributed by atoms with Gasteiger partial charge in [-0.25, -0.2) is 4.98 Å². The molecule has 0 amide bonds. The number of thioether (sulfide) groups is 1. The molecule has 0 saturated carbocycles. The lowest BCUT2D eigenvalue weighted by Crippen LogP contribution is -2.20. The summed E-state index contributed by atoms with van der Waals surface area (Å²) in [5, 5.41) is 4.21. The summed E-state index contributed by atoms with van der Waals surface area (Å²) in [5.74, 6) is 1.30. The van der Waals surface area contributed by atoms with Crippen molar-refractivity contribution in [2.45, 2.75) is 24.5 Å². The fourth-order valence-corrected chi connectivity index (χ4v) is 4.23. The molecule has 18 heavy (non-hydrogen) atoms. The summed E-state index contributed by atoms with van der Waals surface area (Å²) in [6.07, 6.45) is 4.05. The summed E-state index contributed by atoms with van der Waals surface area (Å²) >= 11 is 3.71. The fourth-order valence-electron chi connectivity index (χ4n) is 2.30. The highest BCUT2D eigenvalue weighted by Gasteiger charge is 2.14. The molecule has 1 aromatic heterocycles. The van der Waals surface area contributed by atoms with Crippen LogP contribution in [0.3, 0.4) is 0 Å². The first kappa shape index (κ1) is 12.1. The predicted octanol–water partition coefficient (Wildman–Crippen LogP) is 3.58. The fraction of sp³-hybridized carbons (Fsp3) is 0.462. The molecule has 1 aliphatic rings. The van der Waals surface area contributed by atoms with Gasteiger partial charge < -0.3 is 11.1 Å². The SMILES string of the molecule is Nc1c(NCC2CCCCS2)ccc2scnc12. The van der Waals surface area contributed by atoms with Crippen molar-refractivity contribution in [2.75, 3.05) is 23.3 Å². The van der Waals surface area contributed by atoms with Gasteiger partial charge in [0.25, 0.3) is 0 Å². The highest BCUT2D eigenvalue weighted by molar-refractivity contribution is 7.99.